The summed E-state index contributed by atoms with van der Waals surface area (Å²) in [5.41, 5.74) is 3.52. The van der Waals surface area contributed by atoms with Gasteiger partial charge in [-0.05, 0) is 48.7 Å². The van der Waals surface area contributed by atoms with Gasteiger partial charge in [0.2, 0.25) is 5.76 Å². The van der Waals surface area contributed by atoms with Gasteiger partial charge in [0, 0.05) is 5.39 Å². The Hall–Kier alpha value is -2.95. The van der Waals surface area contributed by atoms with Gasteiger partial charge in [0.1, 0.15) is 11.6 Å². The number of ether oxygens (including phenoxy) is 1. The largest absolute Gasteiger partial charge is 0.460 e. The molecule has 24 heavy (non-hydrogen) atoms. The molecule has 0 aliphatic rings. The summed E-state index contributed by atoms with van der Waals surface area (Å²) in [5.74, 6) is -0.264. The summed E-state index contributed by atoms with van der Waals surface area (Å²) in [4.78, 5) is 22.4. The Balaban J connectivity index is 1.92. The van der Waals surface area contributed by atoms with Crippen LogP contribution in [0.2, 0.25) is 0 Å². The monoisotopic (exact) mass is 323 g/mol. The quantitative estimate of drug-likeness (QED) is 0.483. The number of hydrogen-bond donors (Lipinski definition) is 0. The maximum atomic E-state index is 11.7. The lowest BCUT2D eigenvalue weighted by molar-refractivity contribution is 0.0492. The number of esters is 1. The van der Waals surface area contributed by atoms with Gasteiger partial charge >= 0.3 is 5.97 Å². The normalized spacial score (nSPS) is 12.1. The number of furan rings is 1. The predicted octanol–water partition coefficient (Wildman–Crippen LogP) is 5.10. The lowest BCUT2D eigenvalue weighted by atomic mass is 10.0. The highest BCUT2D eigenvalue weighted by molar-refractivity contribution is 5.94. The summed E-state index contributed by atoms with van der Waals surface area (Å²) in [6.07, 6.45) is 0. The summed E-state index contributed by atoms with van der Waals surface area (Å²) in [6.45, 7) is 3.82. The van der Waals surface area contributed by atoms with Crippen molar-refractivity contribution in [2.24, 2.45) is 5.18 Å². The summed E-state index contributed by atoms with van der Waals surface area (Å²) in [5, 5.41) is 3.87. The summed E-state index contributed by atoms with van der Waals surface area (Å²) < 4.78 is 10.5. The van der Waals surface area contributed by atoms with E-state index >= 15 is 0 Å². The standard InChI is InChI=1S/C19H17NO4/c1-3-23-19(21)18-11-16-10-15(8-9-17(16)24-18)14-6-4-13(5-7-14)12(2)20-22/h4-12H,3H2,1-2H3. The fourth-order valence-corrected chi connectivity index (χ4v) is 2.54. The van der Waals surface area contributed by atoms with Crippen LogP contribution >= 0.6 is 0 Å². The molecule has 0 bridgehead atoms. The number of rotatable bonds is 5. The summed E-state index contributed by atoms with van der Waals surface area (Å²) in [7, 11) is 0. The van der Waals surface area contributed by atoms with Crippen LogP contribution in [0.15, 0.2) is 58.1 Å². The molecule has 1 unspecified atom stereocenters. The number of benzene rings is 2. The van der Waals surface area contributed by atoms with Crippen LogP contribution < -0.4 is 0 Å². The molecule has 1 atom stereocenters. The van der Waals surface area contributed by atoms with Crippen LogP contribution in [0.25, 0.3) is 22.1 Å². The van der Waals surface area contributed by atoms with Crippen LogP contribution in [-0.2, 0) is 4.74 Å². The van der Waals surface area contributed by atoms with E-state index in [1.165, 1.54) is 0 Å². The van der Waals surface area contributed by atoms with Gasteiger partial charge in [-0.3, -0.25) is 0 Å². The van der Waals surface area contributed by atoms with Gasteiger partial charge in [0.05, 0.1) is 6.61 Å². The SMILES string of the molecule is CCOC(=O)c1cc2cc(-c3ccc(C(C)N=O)cc3)ccc2o1. The molecular formula is C19H17NO4. The van der Waals surface area contributed by atoms with E-state index in [1.807, 2.05) is 42.5 Å². The summed E-state index contributed by atoms with van der Waals surface area (Å²) >= 11 is 0. The van der Waals surface area contributed by atoms with Crippen molar-refractivity contribution >= 4 is 16.9 Å². The minimum absolute atomic E-state index is 0.199. The van der Waals surface area contributed by atoms with Crippen molar-refractivity contribution in [1.82, 2.24) is 0 Å². The number of nitroso groups, excluding NO2 is 1. The molecule has 5 nitrogen and oxygen atoms in total. The van der Waals surface area contributed by atoms with Crippen molar-refractivity contribution in [3.05, 3.63) is 64.8 Å². The number of carbonyl (C=O) groups excluding carboxylic acids is 1. The Morgan fingerprint density at radius 2 is 1.83 bits per heavy atom. The van der Waals surface area contributed by atoms with Gasteiger partial charge in [0.25, 0.3) is 0 Å². The average Bonchev–Trinajstić information content (AvgIpc) is 3.04. The third-order valence-corrected chi connectivity index (χ3v) is 3.88. The smallest absolute Gasteiger partial charge is 0.374 e. The van der Waals surface area contributed by atoms with E-state index < -0.39 is 5.97 Å². The average molecular weight is 323 g/mol. The topological polar surface area (TPSA) is 68.9 Å². The van der Waals surface area contributed by atoms with E-state index in [4.69, 9.17) is 9.15 Å². The summed E-state index contributed by atoms with van der Waals surface area (Å²) in [6, 6.07) is 14.7. The molecule has 5 heteroatoms. The van der Waals surface area contributed by atoms with E-state index in [0.717, 1.165) is 22.1 Å². The van der Waals surface area contributed by atoms with Crippen molar-refractivity contribution in [3.8, 4) is 11.1 Å². The van der Waals surface area contributed by atoms with Gasteiger partial charge in [0.15, 0.2) is 0 Å². The van der Waals surface area contributed by atoms with Crippen LogP contribution in [0.1, 0.15) is 36.0 Å². The molecule has 0 aliphatic heterocycles. The van der Waals surface area contributed by atoms with Crippen LogP contribution in [0.5, 0.6) is 0 Å². The third kappa shape index (κ3) is 3.06. The van der Waals surface area contributed by atoms with Crippen molar-refractivity contribution < 1.29 is 13.9 Å². The van der Waals surface area contributed by atoms with Gasteiger partial charge in [-0.15, -0.1) is 0 Å². The molecule has 3 aromatic rings. The molecule has 3 rings (SSSR count). The fraction of sp³-hybridized carbons (Fsp3) is 0.211. The zero-order chi connectivity index (χ0) is 17.1. The number of carbonyl (C=O) groups is 1. The molecule has 0 N–H and O–H groups in total. The molecule has 1 aromatic heterocycles. The van der Waals surface area contributed by atoms with E-state index in [9.17, 15) is 9.70 Å². The van der Waals surface area contributed by atoms with Crippen molar-refractivity contribution in [1.29, 1.82) is 0 Å². The molecule has 122 valence electrons. The second-order valence-corrected chi connectivity index (χ2v) is 5.49. The van der Waals surface area contributed by atoms with Gasteiger partial charge in [-0.1, -0.05) is 35.5 Å². The van der Waals surface area contributed by atoms with E-state index in [2.05, 4.69) is 5.18 Å². The number of nitrogens with zero attached hydrogens (tertiary/aromatic N) is 1. The first-order valence-electron chi connectivity index (χ1n) is 7.76. The van der Waals surface area contributed by atoms with Crippen LogP contribution in [0.3, 0.4) is 0 Å². The molecule has 0 spiro atoms. The van der Waals surface area contributed by atoms with Crippen molar-refractivity contribution in [3.63, 3.8) is 0 Å². The van der Waals surface area contributed by atoms with Crippen molar-refractivity contribution in [2.75, 3.05) is 6.61 Å². The van der Waals surface area contributed by atoms with E-state index in [-0.39, 0.29) is 11.8 Å². The van der Waals surface area contributed by atoms with Crippen molar-refractivity contribution in [2.45, 2.75) is 19.9 Å². The molecule has 0 saturated carbocycles. The highest BCUT2D eigenvalue weighted by Crippen LogP contribution is 2.28. The second-order valence-electron chi connectivity index (χ2n) is 5.49. The second kappa shape index (κ2) is 6.66. The van der Waals surface area contributed by atoms with Gasteiger partial charge in [-0.25, -0.2) is 4.79 Å². The first-order valence-corrected chi connectivity index (χ1v) is 7.76. The fourth-order valence-electron chi connectivity index (χ4n) is 2.54. The Morgan fingerprint density at radius 3 is 2.50 bits per heavy atom. The molecule has 1 heterocycles. The highest BCUT2D eigenvalue weighted by atomic mass is 16.5. The number of hydrogen-bond acceptors (Lipinski definition) is 5. The van der Waals surface area contributed by atoms with E-state index in [1.54, 1.807) is 19.9 Å². The maximum absolute atomic E-state index is 11.7. The minimum Gasteiger partial charge on any atom is -0.460 e. The molecular weight excluding hydrogens is 306 g/mol. The highest BCUT2D eigenvalue weighted by Gasteiger charge is 2.13. The Morgan fingerprint density at radius 1 is 1.12 bits per heavy atom. The molecule has 2 aromatic carbocycles. The van der Waals surface area contributed by atoms with Crippen LogP contribution in [0, 0.1) is 4.91 Å². The molecule has 0 radical (unpaired) electrons. The Bertz CT molecular complexity index is 880. The van der Waals surface area contributed by atoms with E-state index in [0.29, 0.717) is 12.2 Å². The lowest BCUT2D eigenvalue weighted by Gasteiger charge is -2.05. The van der Waals surface area contributed by atoms with Gasteiger partial charge in [-0.2, -0.15) is 4.91 Å². The maximum Gasteiger partial charge on any atom is 0.374 e. The van der Waals surface area contributed by atoms with Gasteiger partial charge < -0.3 is 9.15 Å². The first-order chi connectivity index (χ1) is 11.6. The van der Waals surface area contributed by atoms with Crippen LogP contribution in [0.4, 0.5) is 0 Å². The lowest BCUT2D eigenvalue weighted by Crippen LogP contribution is -2.02. The molecule has 0 amide bonds. The molecule has 0 fully saturated rings. The minimum atomic E-state index is -0.463. The predicted molar refractivity (Wildman–Crippen MR) is 91.8 cm³/mol. The zero-order valence-corrected chi connectivity index (χ0v) is 13.5. The van der Waals surface area contributed by atoms with Crippen LogP contribution in [-0.4, -0.2) is 12.6 Å². The first kappa shape index (κ1) is 15.9. The molecule has 0 saturated heterocycles. The zero-order valence-electron chi connectivity index (χ0n) is 13.5. The molecule has 0 aliphatic carbocycles. The Kier molecular flexibility index (Phi) is 4.42. The number of fused-ring (bicyclic) bond motifs is 1. The Labute approximate surface area is 139 Å². The third-order valence-electron chi connectivity index (χ3n) is 3.88.